The smallest absolute Gasteiger partial charge is 0.309 e. The number of hydrogen-bond donors (Lipinski definition) is 1. The summed E-state index contributed by atoms with van der Waals surface area (Å²) in [7, 11) is 0. The van der Waals surface area contributed by atoms with Gasteiger partial charge in [0, 0.05) is 12.3 Å². The first-order chi connectivity index (χ1) is 14.5. The van der Waals surface area contributed by atoms with Crippen molar-refractivity contribution in [1.82, 2.24) is 0 Å². The van der Waals surface area contributed by atoms with E-state index in [1.54, 1.807) is 0 Å². The second kappa shape index (κ2) is 13.3. The minimum atomic E-state index is -0.428. The van der Waals surface area contributed by atoms with E-state index >= 15 is 0 Å². The maximum absolute atomic E-state index is 12.5. The average molecular weight is 423 g/mol. The predicted molar refractivity (Wildman–Crippen MR) is 119 cm³/mol. The molecule has 3 rings (SSSR count). The zero-order chi connectivity index (χ0) is 21.9. The molecule has 3 aliphatic rings. The van der Waals surface area contributed by atoms with Crippen molar-refractivity contribution < 1.29 is 24.1 Å². The molecule has 172 valence electrons. The van der Waals surface area contributed by atoms with Crippen molar-refractivity contribution in [2.75, 3.05) is 0 Å². The molecule has 3 aliphatic heterocycles. The van der Waals surface area contributed by atoms with Crippen molar-refractivity contribution in [1.29, 1.82) is 0 Å². The van der Waals surface area contributed by atoms with Gasteiger partial charge in [-0.15, -0.1) is 0 Å². The summed E-state index contributed by atoms with van der Waals surface area (Å²) in [6.07, 6.45) is 15.1. The maximum Gasteiger partial charge on any atom is 0.309 e. The Hall–Kier alpha value is -1.17. The number of carbonyl (C=O) groups is 1. The highest BCUT2D eigenvalue weighted by Gasteiger charge is 2.34. The number of aliphatic hydroxyl groups is 1. The molecule has 1 N–H and O–H groups in total. The second-order valence-electron chi connectivity index (χ2n) is 8.60. The van der Waals surface area contributed by atoms with Gasteiger partial charge in [-0.2, -0.15) is 0 Å². The largest absolute Gasteiger partial charge is 0.457 e. The number of fused-ring (bicyclic) bond motifs is 4. The molecule has 0 aromatic rings. The van der Waals surface area contributed by atoms with Crippen molar-refractivity contribution in [3.05, 3.63) is 24.3 Å². The molecular formula is C25H42O5. The van der Waals surface area contributed by atoms with E-state index in [1.807, 2.05) is 32.9 Å². The Kier molecular flexibility index (Phi) is 11.1. The lowest BCUT2D eigenvalue weighted by Crippen LogP contribution is -2.40. The van der Waals surface area contributed by atoms with E-state index in [0.717, 1.165) is 32.1 Å². The predicted octanol–water partition coefficient (Wildman–Crippen LogP) is 5.11. The van der Waals surface area contributed by atoms with Gasteiger partial charge in [0.25, 0.3) is 0 Å². The van der Waals surface area contributed by atoms with Gasteiger partial charge in [0.2, 0.25) is 0 Å². The van der Waals surface area contributed by atoms with Crippen LogP contribution >= 0.6 is 0 Å². The summed E-state index contributed by atoms with van der Waals surface area (Å²) in [6, 6.07) is 0. The first kappa shape index (κ1) is 25.1. The number of rotatable bonds is 1. The van der Waals surface area contributed by atoms with E-state index in [1.165, 1.54) is 6.42 Å². The Morgan fingerprint density at radius 3 is 2.47 bits per heavy atom. The molecule has 0 aliphatic carbocycles. The van der Waals surface area contributed by atoms with Crippen molar-refractivity contribution in [3.8, 4) is 0 Å². The number of hydrogen-bond acceptors (Lipinski definition) is 5. The molecule has 0 aromatic heterocycles. The van der Waals surface area contributed by atoms with Crippen LogP contribution in [0.5, 0.6) is 0 Å². The maximum atomic E-state index is 12.5. The Balaban J connectivity index is 0.00000155. The third-order valence-corrected chi connectivity index (χ3v) is 6.07. The van der Waals surface area contributed by atoms with Crippen LogP contribution in [0.2, 0.25) is 0 Å². The van der Waals surface area contributed by atoms with Gasteiger partial charge in [-0.3, -0.25) is 4.79 Å². The van der Waals surface area contributed by atoms with E-state index < -0.39 is 6.10 Å². The summed E-state index contributed by atoms with van der Waals surface area (Å²) >= 11 is 0. The number of esters is 1. The number of cyclic esters (lactones) is 1. The first-order valence-corrected chi connectivity index (χ1v) is 12.0. The third-order valence-electron chi connectivity index (χ3n) is 6.07. The minimum absolute atomic E-state index is 0.0524. The molecule has 0 unspecified atom stereocenters. The van der Waals surface area contributed by atoms with Crippen LogP contribution in [0, 0.1) is 5.92 Å². The van der Waals surface area contributed by atoms with E-state index in [2.05, 4.69) is 19.1 Å². The van der Waals surface area contributed by atoms with Gasteiger partial charge in [-0.05, 0) is 57.9 Å². The Morgan fingerprint density at radius 1 is 1.00 bits per heavy atom. The molecule has 0 spiro atoms. The van der Waals surface area contributed by atoms with Gasteiger partial charge in [0.1, 0.15) is 6.10 Å². The van der Waals surface area contributed by atoms with E-state index in [9.17, 15) is 9.90 Å². The lowest BCUT2D eigenvalue weighted by atomic mass is 9.92. The fourth-order valence-corrected chi connectivity index (χ4v) is 4.63. The lowest BCUT2D eigenvalue weighted by molar-refractivity contribution is -0.160. The highest BCUT2D eigenvalue weighted by Crippen LogP contribution is 2.31. The van der Waals surface area contributed by atoms with E-state index in [4.69, 9.17) is 14.2 Å². The SMILES string of the molecule is C/C=C/[C@@H]1OC(=O)C[C@@H]2C[C@H](O)C[C@H](C[C@@H]3CCC[C@H](CC/C=C/[C@@H]1C)O3)O2.CC. The highest BCUT2D eigenvalue weighted by atomic mass is 16.6. The fourth-order valence-electron chi connectivity index (χ4n) is 4.63. The topological polar surface area (TPSA) is 65.0 Å². The molecule has 0 saturated carbocycles. The van der Waals surface area contributed by atoms with Crippen LogP contribution < -0.4 is 0 Å². The number of ether oxygens (including phenoxy) is 3. The minimum Gasteiger partial charge on any atom is -0.457 e. The number of allylic oxidation sites excluding steroid dienone is 2. The molecule has 2 saturated heterocycles. The molecular weight excluding hydrogens is 380 g/mol. The van der Waals surface area contributed by atoms with Crippen LogP contribution in [0.4, 0.5) is 0 Å². The molecule has 0 amide bonds. The standard InChI is InChI=1S/C23H36O5.C2H6/c1-3-7-22-16(2)8-4-5-9-18-10-6-11-19(26-18)14-20-12-17(24)13-21(27-20)15-23(25)28-22;1-2/h3-4,7-8,16-22,24H,5-6,9-15H2,1-2H3;1-2H3/b7-3+,8-4+;/t16-,17+,18-,19-,20+,21-,22-;/m0./s1. The third kappa shape index (κ3) is 8.16. The van der Waals surface area contributed by atoms with Crippen LogP contribution in [0.1, 0.15) is 85.5 Å². The molecule has 5 nitrogen and oxygen atoms in total. The monoisotopic (exact) mass is 422 g/mol. The number of aliphatic hydroxyl groups excluding tert-OH is 1. The second-order valence-corrected chi connectivity index (χ2v) is 8.60. The van der Waals surface area contributed by atoms with Crippen LogP contribution in [-0.2, 0) is 19.0 Å². The van der Waals surface area contributed by atoms with Gasteiger partial charge in [-0.1, -0.05) is 39.0 Å². The van der Waals surface area contributed by atoms with Crippen LogP contribution in [0.25, 0.3) is 0 Å². The molecule has 3 heterocycles. The Morgan fingerprint density at radius 2 is 1.70 bits per heavy atom. The lowest BCUT2D eigenvalue weighted by Gasteiger charge is -2.37. The van der Waals surface area contributed by atoms with Crippen LogP contribution in [0.15, 0.2) is 24.3 Å². The average Bonchev–Trinajstić information content (AvgIpc) is 2.71. The van der Waals surface area contributed by atoms with Crippen molar-refractivity contribution in [3.63, 3.8) is 0 Å². The molecule has 0 aromatic carbocycles. The normalized spacial score (nSPS) is 39.5. The van der Waals surface area contributed by atoms with Gasteiger partial charge < -0.3 is 19.3 Å². The fraction of sp³-hybridized carbons (Fsp3) is 0.800. The summed E-state index contributed by atoms with van der Waals surface area (Å²) in [4.78, 5) is 12.5. The quantitative estimate of drug-likeness (QED) is 0.470. The Labute approximate surface area is 182 Å². The molecule has 2 fully saturated rings. The first-order valence-electron chi connectivity index (χ1n) is 12.0. The van der Waals surface area contributed by atoms with Gasteiger partial charge in [0.15, 0.2) is 0 Å². The van der Waals surface area contributed by atoms with Crippen molar-refractivity contribution in [2.45, 2.75) is 122 Å². The zero-order valence-corrected chi connectivity index (χ0v) is 19.3. The van der Waals surface area contributed by atoms with Crippen LogP contribution in [-0.4, -0.2) is 47.7 Å². The summed E-state index contributed by atoms with van der Waals surface area (Å²) < 4.78 is 18.2. The molecule has 30 heavy (non-hydrogen) atoms. The highest BCUT2D eigenvalue weighted by molar-refractivity contribution is 5.70. The van der Waals surface area contributed by atoms with E-state index in [0.29, 0.717) is 18.9 Å². The van der Waals surface area contributed by atoms with Crippen LogP contribution in [0.3, 0.4) is 0 Å². The van der Waals surface area contributed by atoms with E-state index in [-0.39, 0.29) is 42.7 Å². The van der Waals surface area contributed by atoms with Gasteiger partial charge >= 0.3 is 5.97 Å². The van der Waals surface area contributed by atoms with Crippen molar-refractivity contribution in [2.24, 2.45) is 5.92 Å². The summed E-state index contributed by atoms with van der Waals surface area (Å²) in [5.41, 5.74) is 0. The Bertz CT molecular complexity index is 558. The summed E-state index contributed by atoms with van der Waals surface area (Å²) in [6.45, 7) is 8.01. The number of carbonyl (C=O) groups excluding carboxylic acids is 1. The molecule has 4 bridgehead atoms. The molecule has 0 radical (unpaired) electrons. The van der Waals surface area contributed by atoms with Gasteiger partial charge in [-0.25, -0.2) is 0 Å². The zero-order valence-electron chi connectivity index (χ0n) is 19.3. The van der Waals surface area contributed by atoms with Crippen molar-refractivity contribution >= 4 is 5.97 Å². The summed E-state index contributed by atoms with van der Waals surface area (Å²) in [5, 5.41) is 10.3. The molecule has 5 heteroatoms. The molecule has 7 atom stereocenters. The van der Waals surface area contributed by atoms with Gasteiger partial charge in [0.05, 0.1) is 36.9 Å². The summed E-state index contributed by atoms with van der Waals surface area (Å²) in [5.74, 6) is -0.152.